The summed E-state index contributed by atoms with van der Waals surface area (Å²) in [7, 11) is 1.93. The number of aromatic nitrogens is 2. The van der Waals surface area contributed by atoms with Crippen molar-refractivity contribution in [1.82, 2.24) is 14.9 Å². The predicted octanol–water partition coefficient (Wildman–Crippen LogP) is 2.09. The molecule has 0 saturated carbocycles. The average molecular weight is 277 g/mol. The molecule has 0 bridgehead atoms. The molecule has 112 valence electrons. The molecule has 0 atom stereocenters. The van der Waals surface area contributed by atoms with Gasteiger partial charge in [0.05, 0.1) is 0 Å². The zero-order valence-electron chi connectivity index (χ0n) is 13.4. The van der Waals surface area contributed by atoms with E-state index in [0.29, 0.717) is 5.92 Å². The second-order valence-electron chi connectivity index (χ2n) is 5.71. The molecule has 1 aromatic rings. The molecular weight excluding hydrogens is 250 g/mol. The number of nitrogens with one attached hydrogen (secondary N) is 1. The van der Waals surface area contributed by atoms with Crippen LogP contribution < -0.4 is 10.2 Å². The van der Waals surface area contributed by atoms with E-state index in [-0.39, 0.29) is 0 Å². The lowest BCUT2D eigenvalue weighted by Crippen LogP contribution is -2.46. The molecule has 20 heavy (non-hydrogen) atoms. The second-order valence-corrected chi connectivity index (χ2v) is 5.71. The summed E-state index contributed by atoms with van der Waals surface area (Å²) in [5, 5.41) is 3.20. The normalized spacial score (nSPS) is 16.8. The summed E-state index contributed by atoms with van der Waals surface area (Å²) in [6.45, 7) is 14.1. The van der Waals surface area contributed by atoms with Crippen molar-refractivity contribution in [3.8, 4) is 0 Å². The van der Waals surface area contributed by atoms with Gasteiger partial charge in [-0.1, -0.05) is 20.8 Å². The Hall–Kier alpha value is -1.36. The molecule has 2 heterocycles. The van der Waals surface area contributed by atoms with Gasteiger partial charge in [0.1, 0.15) is 17.5 Å². The van der Waals surface area contributed by atoms with E-state index in [4.69, 9.17) is 4.98 Å². The lowest BCUT2D eigenvalue weighted by atomic mass is 10.2. The standard InChI is InChI=1S/C15H27N5/c1-6-19-7-9-20(10-8-19)15-12(4)14(16-5)17-13(18-15)11(2)3/h11H,6-10H2,1-5H3,(H,16,17,18). The molecule has 5 heteroatoms. The molecule has 0 radical (unpaired) electrons. The number of likely N-dealkylation sites (N-methyl/N-ethyl adjacent to an activating group) is 1. The fourth-order valence-corrected chi connectivity index (χ4v) is 2.61. The van der Waals surface area contributed by atoms with Crippen LogP contribution in [0.25, 0.3) is 0 Å². The van der Waals surface area contributed by atoms with Crippen molar-refractivity contribution in [2.45, 2.75) is 33.6 Å². The first-order chi connectivity index (χ1) is 9.56. The Morgan fingerprint density at radius 3 is 2.30 bits per heavy atom. The molecular formula is C15H27N5. The van der Waals surface area contributed by atoms with Crippen LogP contribution in [0.4, 0.5) is 11.6 Å². The van der Waals surface area contributed by atoms with Crippen molar-refractivity contribution in [2.24, 2.45) is 0 Å². The van der Waals surface area contributed by atoms with Gasteiger partial charge in [-0.15, -0.1) is 0 Å². The first kappa shape index (κ1) is 15.0. The molecule has 0 spiro atoms. The molecule has 1 fully saturated rings. The van der Waals surface area contributed by atoms with Gasteiger partial charge in [0, 0.05) is 44.7 Å². The van der Waals surface area contributed by atoms with E-state index in [1.807, 2.05) is 7.05 Å². The fraction of sp³-hybridized carbons (Fsp3) is 0.733. The molecule has 1 saturated heterocycles. The number of rotatable bonds is 4. The van der Waals surface area contributed by atoms with Crippen LogP contribution >= 0.6 is 0 Å². The number of nitrogens with zero attached hydrogens (tertiary/aromatic N) is 4. The van der Waals surface area contributed by atoms with Crippen molar-refractivity contribution in [1.29, 1.82) is 0 Å². The Labute approximate surface area is 122 Å². The third-order valence-corrected chi connectivity index (χ3v) is 4.01. The Balaban J connectivity index is 2.28. The first-order valence-electron chi connectivity index (χ1n) is 7.60. The lowest BCUT2D eigenvalue weighted by Gasteiger charge is -2.35. The van der Waals surface area contributed by atoms with Crippen molar-refractivity contribution in [3.63, 3.8) is 0 Å². The molecule has 2 rings (SSSR count). The average Bonchev–Trinajstić information content (AvgIpc) is 2.47. The van der Waals surface area contributed by atoms with Gasteiger partial charge in [0.25, 0.3) is 0 Å². The molecule has 1 N–H and O–H groups in total. The fourth-order valence-electron chi connectivity index (χ4n) is 2.61. The van der Waals surface area contributed by atoms with Gasteiger partial charge in [-0.2, -0.15) is 0 Å². The number of hydrogen-bond donors (Lipinski definition) is 1. The molecule has 1 aromatic heterocycles. The SMILES string of the molecule is CCN1CCN(c2nc(C(C)C)nc(NC)c2C)CC1. The van der Waals surface area contributed by atoms with E-state index in [1.165, 1.54) is 0 Å². The van der Waals surface area contributed by atoms with Gasteiger partial charge in [-0.05, 0) is 13.5 Å². The van der Waals surface area contributed by atoms with E-state index in [9.17, 15) is 0 Å². The van der Waals surface area contributed by atoms with Gasteiger partial charge < -0.3 is 15.1 Å². The summed E-state index contributed by atoms with van der Waals surface area (Å²) in [5.74, 6) is 3.33. The van der Waals surface area contributed by atoms with Crippen LogP contribution in [0.2, 0.25) is 0 Å². The van der Waals surface area contributed by atoms with Gasteiger partial charge in [-0.25, -0.2) is 9.97 Å². The molecule has 0 aliphatic carbocycles. The highest BCUT2D eigenvalue weighted by molar-refractivity contribution is 5.58. The van der Waals surface area contributed by atoms with Crippen molar-refractivity contribution >= 4 is 11.6 Å². The minimum atomic E-state index is 0.346. The maximum Gasteiger partial charge on any atom is 0.137 e. The Morgan fingerprint density at radius 1 is 1.15 bits per heavy atom. The third-order valence-electron chi connectivity index (χ3n) is 4.01. The summed E-state index contributed by atoms with van der Waals surface area (Å²) in [4.78, 5) is 14.3. The van der Waals surface area contributed by atoms with Crippen LogP contribution in [0.5, 0.6) is 0 Å². The maximum atomic E-state index is 4.81. The van der Waals surface area contributed by atoms with E-state index >= 15 is 0 Å². The van der Waals surface area contributed by atoms with Crippen LogP contribution in [0.3, 0.4) is 0 Å². The van der Waals surface area contributed by atoms with Crippen molar-refractivity contribution in [3.05, 3.63) is 11.4 Å². The smallest absolute Gasteiger partial charge is 0.137 e. The quantitative estimate of drug-likeness (QED) is 0.913. The summed E-state index contributed by atoms with van der Waals surface area (Å²) >= 11 is 0. The third kappa shape index (κ3) is 3.03. The minimum absolute atomic E-state index is 0.346. The summed E-state index contributed by atoms with van der Waals surface area (Å²) in [5.41, 5.74) is 1.15. The van der Waals surface area contributed by atoms with E-state index in [2.05, 4.69) is 47.8 Å². The Morgan fingerprint density at radius 2 is 1.80 bits per heavy atom. The number of piperazine rings is 1. The minimum Gasteiger partial charge on any atom is -0.373 e. The molecule has 5 nitrogen and oxygen atoms in total. The highest BCUT2D eigenvalue weighted by Crippen LogP contribution is 2.26. The topological polar surface area (TPSA) is 44.3 Å². The number of hydrogen-bond acceptors (Lipinski definition) is 5. The molecule has 0 amide bonds. The van der Waals surface area contributed by atoms with Crippen LogP contribution in [0.1, 0.15) is 38.1 Å². The predicted molar refractivity (Wildman–Crippen MR) is 84.7 cm³/mol. The highest BCUT2D eigenvalue weighted by Gasteiger charge is 2.21. The van der Waals surface area contributed by atoms with Gasteiger partial charge in [0.2, 0.25) is 0 Å². The first-order valence-corrected chi connectivity index (χ1v) is 7.60. The Kier molecular flexibility index (Phi) is 4.81. The maximum absolute atomic E-state index is 4.81. The van der Waals surface area contributed by atoms with E-state index < -0.39 is 0 Å². The van der Waals surface area contributed by atoms with Gasteiger partial charge in [-0.3, -0.25) is 0 Å². The van der Waals surface area contributed by atoms with Crippen LogP contribution in [-0.4, -0.2) is 54.6 Å². The monoisotopic (exact) mass is 277 g/mol. The largest absolute Gasteiger partial charge is 0.373 e. The van der Waals surface area contributed by atoms with Crippen LogP contribution in [-0.2, 0) is 0 Å². The summed E-state index contributed by atoms with van der Waals surface area (Å²) in [6.07, 6.45) is 0. The summed E-state index contributed by atoms with van der Waals surface area (Å²) < 4.78 is 0. The van der Waals surface area contributed by atoms with Crippen LogP contribution in [0, 0.1) is 6.92 Å². The summed E-state index contributed by atoms with van der Waals surface area (Å²) in [6, 6.07) is 0. The molecule has 0 aromatic carbocycles. The lowest BCUT2D eigenvalue weighted by molar-refractivity contribution is 0.270. The zero-order valence-corrected chi connectivity index (χ0v) is 13.4. The second kappa shape index (κ2) is 6.39. The zero-order chi connectivity index (χ0) is 14.7. The molecule has 0 unspecified atom stereocenters. The molecule has 1 aliphatic rings. The van der Waals surface area contributed by atoms with E-state index in [1.54, 1.807) is 0 Å². The Bertz CT molecular complexity index is 450. The molecule has 1 aliphatic heterocycles. The van der Waals surface area contributed by atoms with Gasteiger partial charge >= 0.3 is 0 Å². The number of anilines is 2. The highest BCUT2D eigenvalue weighted by atomic mass is 15.3. The van der Waals surface area contributed by atoms with Crippen LogP contribution in [0.15, 0.2) is 0 Å². The van der Waals surface area contributed by atoms with Crippen molar-refractivity contribution < 1.29 is 0 Å². The van der Waals surface area contributed by atoms with E-state index in [0.717, 1.165) is 55.7 Å². The van der Waals surface area contributed by atoms with Crippen molar-refractivity contribution in [2.75, 3.05) is 50.0 Å². The van der Waals surface area contributed by atoms with Gasteiger partial charge in [0.15, 0.2) is 0 Å².